The number of benzene rings is 3. The molecule has 47 heavy (non-hydrogen) atoms. The summed E-state index contributed by atoms with van der Waals surface area (Å²) < 4.78 is 87.5. The Bertz CT molecular complexity index is 1660. The molecule has 3 aromatic rings. The van der Waals surface area contributed by atoms with E-state index in [4.69, 9.17) is 4.74 Å². The van der Waals surface area contributed by atoms with Gasteiger partial charge in [0.05, 0.1) is 13.7 Å². The minimum Gasteiger partial charge on any atom is -0.496 e. The fraction of sp³-hybridized carbons (Fsp3) is 0.471. The number of nitrogens with zero attached hydrogens (tertiary/aromatic N) is 2. The van der Waals surface area contributed by atoms with Crippen LogP contribution in [0.15, 0.2) is 42.5 Å². The molecule has 2 heterocycles. The lowest BCUT2D eigenvalue weighted by molar-refractivity contribution is -0.236. The molecule has 2 aliphatic heterocycles. The molecule has 0 spiro atoms. The third-order valence-corrected chi connectivity index (χ3v) is 9.58. The molecule has 2 N–H and O–H groups in total. The average Bonchev–Trinajstić information content (AvgIpc) is 3.00. The molecule has 1 amide bonds. The minimum atomic E-state index is -5.10. The van der Waals surface area contributed by atoms with Gasteiger partial charge in [0, 0.05) is 25.1 Å². The summed E-state index contributed by atoms with van der Waals surface area (Å²) in [6.45, 7) is 1.12. The van der Waals surface area contributed by atoms with Gasteiger partial charge in [-0.05, 0) is 91.0 Å². The zero-order valence-electron chi connectivity index (χ0n) is 26.3. The monoisotopic (exact) mass is 665 g/mol. The molecule has 1 saturated heterocycles. The van der Waals surface area contributed by atoms with Crippen LogP contribution in [0.3, 0.4) is 0 Å². The van der Waals surface area contributed by atoms with E-state index in [-0.39, 0.29) is 6.42 Å². The van der Waals surface area contributed by atoms with Crippen LogP contribution in [-0.2, 0) is 29.0 Å². The van der Waals surface area contributed by atoms with E-state index < -0.39 is 68.2 Å². The number of piperidine rings is 1. The second kappa shape index (κ2) is 13.0. The van der Waals surface area contributed by atoms with E-state index in [1.165, 1.54) is 11.1 Å². The highest BCUT2D eigenvalue weighted by atomic mass is 19.4. The smallest absolute Gasteiger partial charge is 0.403 e. The number of likely N-dealkylation sites (N-methyl/N-ethyl adjacent to an activating group) is 1. The van der Waals surface area contributed by atoms with Crippen molar-refractivity contribution >= 4 is 22.6 Å². The Morgan fingerprint density at radius 2 is 1.68 bits per heavy atom. The summed E-state index contributed by atoms with van der Waals surface area (Å²) in [6, 6.07) is 11.1. The molecular weight excluding hydrogens is 628 g/mol. The summed E-state index contributed by atoms with van der Waals surface area (Å²) in [6.07, 6.45) is -11.0. The number of carbonyl (C=O) groups is 2. The maximum Gasteiger partial charge on any atom is 0.403 e. The fourth-order valence-corrected chi connectivity index (χ4v) is 6.97. The molecular formula is C34H37F6N3O4. The number of methoxy groups -OCH3 is 1. The van der Waals surface area contributed by atoms with E-state index in [0.29, 0.717) is 16.7 Å². The molecule has 1 atom stereocenters. The van der Waals surface area contributed by atoms with E-state index in [0.717, 1.165) is 46.5 Å². The van der Waals surface area contributed by atoms with Gasteiger partial charge < -0.3 is 20.1 Å². The number of carboxylic acids is 1. The molecule has 0 radical (unpaired) electrons. The van der Waals surface area contributed by atoms with Crippen LogP contribution in [0.25, 0.3) is 21.9 Å². The normalized spacial score (nSPS) is 18.1. The first-order chi connectivity index (χ1) is 22.0. The lowest BCUT2D eigenvalue weighted by atomic mass is 9.76. The first kappa shape index (κ1) is 34.5. The number of hydrogen-bond donors (Lipinski definition) is 2. The zero-order valence-corrected chi connectivity index (χ0v) is 26.3. The number of ether oxygens (including phenoxy) is 1. The van der Waals surface area contributed by atoms with Gasteiger partial charge in [-0.25, -0.2) is 4.79 Å². The number of halogens is 6. The van der Waals surface area contributed by atoms with Gasteiger partial charge in [0.1, 0.15) is 17.2 Å². The first-order valence-corrected chi connectivity index (χ1v) is 15.3. The van der Waals surface area contributed by atoms with Crippen LogP contribution in [0.4, 0.5) is 26.3 Å². The number of carbonyl (C=O) groups excluding carboxylic acids is 1. The van der Waals surface area contributed by atoms with Gasteiger partial charge in [0.25, 0.3) is 0 Å². The summed E-state index contributed by atoms with van der Waals surface area (Å²) in [4.78, 5) is 28.7. The van der Waals surface area contributed by atoms with E-state index in [1.807, 2.05) is 31.2 Å². The van der Waals surface area contributed by atoms with Crippen molar-refractivity contribution in [3.05, 3.63) is 64.7 Å². The number of hydrogen-bond acceptors (Lipinski definition) is 5. The molecule has 3 aromatic carbocycles. The average molecular weight is 666 g/mol. The van der Waals surface area contributed by atoms with Crippen LogP contribution < -0.4 is 10.1 Å². The van der Waals surface area contributed by atoms with Crippen LogP contribution in [0.2, 0.25) is 0 Å². The van der Waals surface area contributed by atoms with Gasteiger partial charge in [0.2, 0.25) is 5.91 Å². The second-order valence-corrected chi connectivity index (χ2v) is 12.6. The number of carboxylic acid groups (broad SMARTS) is 1. The Labute approximate surface area is 268 Å². The van der Waals surface area contributed by atoms with Crippen LogP contribution in [-0.4, -0.2) is 85.5 Å². The van der Waals surface area contributed by atoms with Crippen molar-refractivity contribution in [2.45, 2.75) is 57.5 Å². The van der Waals surface area contributed by atoms with E-state index in [9.17, 15) is 41.0 Å². The van der Waals surface area contributed by atoms with Crippen LogP contribution >= 0.6 is 0 Å². The van der Waals surface area contributed by atoms with Crippen molar-refractivity contribution < 1.29 is 45.8 Å². The molecule has 13 heteroatoms. The summed E-state index contributed by atoms with van der Waals surface area (Å²) in [7, 11) is 3.66. The van der Waals surface area contributed by atoms with E-state index in [1.54, 1.807) is 25.3 Å². The van der Waals surface area contributed by atoms with Gasteiger partial charge in [-0.15, -0.1) is 0 Å². The number of alkyl halides is 6. The molecule has 254 valence electrons. The van der Waals surface area contributed by atoms with Crippen molar-refractivity contribution in [1.29, 1.82) is 0 Å². The Kier molecular flexibility index (Phi) is 9.53. The summed E-state index contributed by atoms with van der Waals surface area (Å²) in [5.74, 6) is -2.39. The standard InChI is InChI=1S/C34H37F6N3O4/c1-20-26-18-42(2)13-10-22(26)17-28(47-3)29(20)25-9-5-7-23-21(6-4-8-24(23)25)16-27(30(44)45)41-31(46)32(34(38,39)40)11-14-43(15-12-32)19-33(35,36)37/h4-9,17,27H,10-16,18-19H2,1-3H3,(H,41,46)(H,44,45)/t27-/m0/s1. The molecule has 2 aliphatic rings. The van der Waals surface area contributed by atoms with Crippen molar-refractivity contribution in [3.8, 4) is 16.9 Å². The number of fused-ring (bicyclic) bond motifs is 2. The zero-order chi connectivity index (χ0) is 34.3. The molecule has 5 rings (SSSR count). The van der Waals surface area contributed by atoms with Crippen LogP contribution in [0.1, 0.15) is 35.1 Å². The Hall–Kier alpha value is -3.84. The van der Waals surface area contributed by atoms with Crippen molar-refractivity contribution in [2.24, 2.45) is 5.41 Å². The predicted octanol–water partition coefficient (Wildman–Crippen LogP) is 6.13. The number of nitrogens with one attached hydrogen (secondary N) is 1. The Balaban J connectivity index is 1.46. The summed E-state index contributed by atoms with van der Waals surface area (Å²) >= 11 is 0. The van der Waals surface area contributed by atoms with Crippen molar-refractivity contribution in [1.82, 2.24) is 15.1 Å². The predicted molar refractivity (Wildman–Crippen MR) is 164 cm³/mol. The maximum atomic E-state index is 14.4. The van der Waals surface area contributed by atoms with Crippen LogP contribution in [0.5, 0.6) is 5.75 Å². The Morgan fingerprint density at radius 3 is 2.30 bits per heavy atom. The van der Waals surface area contributed by atoms with Gasteiger partial charge in [-0.2, -0.15) is 26.3 Å². The highest BCUT2D eigenvalue weighted by Gasteiger charge is 2.61. The number of aliphatic carboxylic acids is 1. The molecule has 0 saturated carbocycles. The molecule has 0 bridgehead atoms. The number of likely N-dealkylation sites (tertiary alicyclic amines) is 1. The number of amides is 1. The summed E-state index contributed by atoms with van der Waals surface area (Å²) in [5.41, 5.74) is 2.68. The molecule has 0 aliphatic carbocycles. The second-order valence-electron chi connectivity index (χ2n) is 12.6. The highest BCUT2D eigenvalue weighted by molar-refractivity contribution is 6.01. The van der Waals surface area contributed by atoms with Crippen LogP contribution in [0, 0.1) is 12.3 Å². The third kappa shape index (κ3) is 6.92. The third-order valence-electron chi connectivity index (χ3n) is 9.58. The van der Waals surface area contributed by atoms with Gasteiger partial charge >= 0.3 is 18.3 Å². The van der Waals surface area contributed by atoms with Crippen molar-refractivity contribution in [3.63, 3.8) is 0 Å². The molecule has 7 nitrogen and oxygen atoms in total. The van der Waals surface area contributed by atoms with Crippen molar-refractivity contribution in [2.75, 3.05) is 40.3 Å². The molecule has 0 unspecified atom stereocenters. The fourth-order valence-electron chi connectivity index (χ4n) is 6.97. The van der Waals surface area contributed by atoms with E-state index >= 15 is 0 Å². The highest BCUT2D eigenvalue weighted by Crippen LogP contribution is 2.47. The van der Waals surface area contributed by atoms with Gasteiger partial charge in [0.15, 0.2) is 0 Å². The SMILES string of the molecule is COc1cc2c(c(C)c1-c1cccc3c(C[C@H](NC(=O)C4(C(F)(F)F)CCN(CC(F)(F)F)CC4)C(=O)O)cccc13)CN(C)CC2. The first-order valence-electron chi connectivity index (χ1n) is 15.3. The van der Waals surface area contributed by atoms with Gasteiger partial charge in [-0.1, -0.05) is 36.4 Å². The molecule has 0 aromatic heterocycles. The lowest BCUT2D eigenvalue weighted by Gasteiger charge is -2.42. The quantitative estimate of drug-likeness (QED) is 0.282. The largest absolute Gasteiger partial charge is 0.496 e. The van der Waals surface area contributed by atoms with Gasteiger partial charge in [-0.3, -0.25) is 9.69 Å². The Morgan fingerprint density at radius 1 is 1.02 bits per heavy atom. The topological polar surface area (TPSA) is 82.1 Å². The molecule has 1 fully saturated rings. The minimum absolute atomic E-state index is 0.318. The van der Waals surface area contributed by atoms with E-state index in [2.05, 4.69) is 17.3 Å². The summed E-state index contributed by atoms with van der Waals surface area (Å²) in [5, 5.41) is 13.6. The number of rotatable bonds is 8. The maximum absolute atomic E-state index is 14.4. The lowest BCUT2D eigenvalue weighted by Crippen LogP contribution is -2.59.